The van der Waals surface area contributed by atoms with Gasteiger partial charge in [0.15, 0.2) is 0 Å². The molecule has 1 aliphatic heterocycles. The summed E-state index contributed by atoms with van der Waals surface area (Å²) >= 11 is 0. The van der Waals surface area contributed by atoms with Crippen LogP contribution >= 0.6 is 0 Å². The number of aryl methyl sites for hydroxylation is 1. The maximum atomic E-state index is 6.08. The minimum Gasteiger partial charge on any atom is -0.381 e. The van der Waals surface area contributed by atoms with Gasteiger partial charge >= 0.3 is 0 Å². The van der Waals surface area contributed by atoms with Crippen LogP contribution in [-0.2, 0) is 17.7 Å². The predicted molar refractivity (Wildman–Crippen MR) is 60.9 cm³/mol. The van der Waals surface area contributed by atoms with E-state index in [4.69, 9.17) is 10.5 Å². The van der Waals surface area contributed by atoms with Gasteiger partial charge in [-0.25, -0.2) is 4.98 Å². The maximum Gasteiger partial charge on any atom is 0.138 e. The molecule has 1 fully saturated rings. The van der Waals surface area contributed by atoms with Gasteiger partial charge in [-0.2, -0.15) is 5.10 Å². The summed E-state index contributed by atoms with van der Waals surface area (Å²) in [6.07, 6.45) is 4.53. The Hall–Kier alpha value is -0.940. The lowest BCUT2D eigenvalue weighted by Crippen LogP contribution is -2.40. The summed E-state index contributed by atoms with van der Waals surface area (Å²) in [7, 11) is 0. The van der Waals surface area contributed by atoms with Crippen LogP contribution in [0.4, 0.5) is 0 Å². The molecule has 0 bridgehead atoms. The van der Waals surface area contributed by atoms with E-state index in [9.17, 15) is 0 Å². The van der Waals surface area contributed by atoms with Crippen molar-refractivity contribution in [3.8, 4) is 0 Å². The Morgan fingerprint density at radius 3 is 3.25 bits per heavy atom. The molecule has 0 saturated carbocycles. The summed E-state index contributed by atoms with van der Waals surface area (Å²) in [5, 5.41) is 4.22. The van der Waals surface area contributed by atoms with Crippen molar-refractivity contribution in [2.24, 2.45) is 11.7 Å². The van der Waals surface area contributed by atoms with Crippen molar-refractivity contribution in [2.75, 3.05) is 13.2 Å². The van der Waals surface area contributed by atoms with Gasteiger partial charge < -0.3 is 10.5 Å². The van der Waals surface area contributed by atoms with E-state index in [1.807, 2.05) is 4.68 Å². The molecule has 1 aliphatic rings. The zero-order valence-electron chi connectivity index (χ0n) is 9.80. The lowest BCUT2D eigenvalue weighted by atomic mass is 9.93. The van der Waals surface area contributed by atoms with Crippen molar-refractivity contribution in [1.82, 2.24) is 14.8 Å². The fourth-order valence-corrected chi connectivity index (χ4v) is 2.10. The second-order valence-electron chi connectivity index (χ2n) is 4.39. The molecule has 2 unspecified atom stereocenters. The highest BCUT2D eigenvalue weighted by Gasteiger charge is 2.24. The molecule has 1 aromatic heterocycles. The smallest absolute Gasteiger partial charge is 0.138 e. The first-order chi connectivity index (χ1) is 7.81. The molecule has 0 aliphatic carbocycles. The topological polar surface area (TPSA) is 66.0 Å². The van der Waals surface area contributed by atoms with Crippen molar-refractivity contribution in [3.63, 3.8) is 0 Å². The molecular formula is C11H20N4O. The molecule has 5 nitrogen and oxygen atoms in total. The van der Waals surface area contributed by atoms with E-state index in [-0.39, 0.29) is 6.04 Å². The average molecular weight is 224 g/mol. The Morgan fingerprint density at radius 2 is 2.50 bits per heavy atom. The third-order valence-corrected chi connectivity index (χ3v) is 3.11. The lowest BCUT2D eigenvalue weighted by molar-refractivity contribution is 0.0411. The molecular weight excluding hydrogens is 204 g/mol. The quantitative estimate of drug-likeness (QED) is 0.813. The molecule has 16 heavy (non-hydrogen) atoms. The number of nitrogens with zero attached hydrogens (tertiary/aromatic N) is 3. The second-order valence-corrected chi connectivity index (χ2v) is 4.39. The van der Waals surface area contributed by atoms with E-state index < -0.39 is 0 Å². The van der Waals surface area contributed by atoms with Crippen LogP contribution in [0.25, 0.3) is 0 Å². The minimum atomic E-state index is 0.237. The van der Waals surface area contributed by atoms with E-state index in [1.165, 1.54) is 0 Å². The molecule has 90 valence electrons. The number of nitrogens with two attached hydrogens (primary N) is 1. The summed E-state index contributed by atoms with van der Waals surface area (Å²) < 4.78 is 7.44. The molecule has 0 spiro atoms. The largest absolute Gasteiger partial charge is 0.381 e. The average Bonchev–Trinajstić information content (AvgIpc) is 2.70. The fraction of sp³-hybridized carbons (Fsp3) is 0.818. The van der Waals surface area contributed by atoms with Crippen LogP contribution in [0.15, 0.2) is 6.33 Å². The molecule has 5 heteroatoms. The molecule has 0 amide bonds. The highest BCUT2D eigenvalue weighted by atomic mass is 16.5. The van der Waals surface area contributed by atoms with Gasteiger partial charge in [-0.05, 0) is 12.8 Å². The van der Waals surface area contributed by atoms with Crippen LogP contribution in [-0.4, -0.2) is 34.0 Å². The number of ether oxygens (including phenoxy) is 1. The van der Waals surface area contributed by atoms with E-state index in [0.717, 1.165) is 44.8 Å². The van der Waals surface area contributed by atoms with Gasteiger partial charge in [0, 0.05) is 31.5 Å². The zero-order chi connectivity index (χ0) is 11.4. The molecule has 0 radical (unpaired) electrons. The normalized spacial score (nSPS) is 25.9. The van der Waals surface area contributed by atoms with E-state index in [2.05, 4.69) is 17.0 Å². The van der Waals surface area contributed by atoms with Gasteiger partial charge in [0.1, 0.15) is 12.2 Å². The van der Waals surface area contributed by atoms with Crippen molar-refractivity contribution in [3.05, 3.63) is 12.2 Å². The molecule has 1 aromatic rings. The second kappa shape index (κ2) is 5.41. The number of hydrogen-bond donors (Lipinski definition) is 1. The van der Waals surface area contributed by atoms with Crippen LogP contribution in [0.1, 0.15) is 25.6 Å². The molecule has 0 aromatic carbocycles. The molecule has 1 saturated heterocycles. The van der Waals surface area contributed by atoms with Gasteiger partial charge in [0.05, 0.1) is 6.61 Å². The Labute approximate surface area is 96.0 Å². The summed E-state index contributed by atoms with van der Waals surface area (Å²) in [5.74, 6) is 1.42. The number of aromatic nitrogens is 3. The van der Waals surface area contributed by atoms with Crippen molar-refractivity contribution in [1.29, 1.82) is 0 Å². The summed E-state index contributed by atoms with van der Waals surface area (Å²) in [5.41, 5.74) is 6.08. The Bertz CT molecular complexity index is 326. The first-order valence-electron chi connectivity index (χ1n) is 6.01. The number of hydrogen-bond acceptors (Lipinski definition) is 4. The van der Waals surface area contributed by atoms with Crippen molar-refractivity contribution < 1.29 is 4.74 Å². The zero-order valence-corrected chi connectivity index (χ0v) is 9.80. The fourth-order valence-electron chi connectivity index (χ4n) is 2.10. The monoisotopic (exact) mass is 224 g/mol. The van der Waals surface area contributed by atoms with Gasteiger partial charge in [-0.15, -0.1) is 0 Å². The predicted octanol–water partition coefficient (Wildman–Crippen LogP) is 0.594. The molecule has 2 heterocycles. The highest BCUT2D eigenvalue weighted by Crippen LogP contribution is 2.17. The number of rotatable bonds is 4. The van der Waals surface area contributed by atoms with Crippen molar-refractivity contribution in [2.45, 2.75) is 38.8 Å². The summed E-state index contributed by atoms with van der Waals surface area (Å²) in [6, 6.07) is 0.237. The van der Waals surface area contributed by atoms with Gasteiger partial charge in [-0.1, -0.05) is 6.92 Å². The molecule has 2 rings (SSSR count). The SMILES string of the molecule is CCCn1ncnc1CC1COCCC1N. The summed E-state index contributed by atoms with van der Waals surface area (Å²) in [4.78, 5) is 4.30. The first kappa shape index (κ1) is 11.5. The summed E-state index contributed by atoms with van der Waals surface area (Å²) in [6.45, 7) is 4.61. The van der Waals surface area contributed by atoms with Crippen LogP contribution in [0, 0.1) is 5.92 Å². The van der Waals surface area contributed by atoms with Crippen LogP contribution in [0.3, 0.4) is 0 Å². The van der Waals surface area contributed by atoms with Gasteiger partial charge in [0.25, 0.3) is 0 Å². The standard InChI is InChI=1S/C11H20N4O/c1-2-4-15-11(13-8-14-15)6-9-7-16-5-3-10(9)12/h8-10H,2-7,12H2,1H3. The Balaban J connectivity index is 1.99. The third-order valence-electron chi connectivity index (χ3n) is 3.11. The maximum absolute atomic E-state index is 6.08. The van der Waals surface area contributed by atoms with Crippen LogP contribution in [0.2, 0.25) is 0 Å². The minimum absolute atomic E-state index is 0.237. The Kier molecular flexibility index (Phi) is 3.90. The van der Waals surface area contributed by atoms with Crippen LogP contribution in [0.5, 0.6) is 0 Å². The third kappa shape index (κ3) is 2.59. The molecule has 2 N–H and O–H groups in total. The lowest BCUT2D eigenvalue weighted by Gasteiger charge is -2.28. The van der Waals surface area contributed by atoms with E-state index in [0.29, 0.717) is 5.92 Å². The van der Waals surface area contributed by atoms with Gasteiger partial charge in [0.2, 0.25) is 0 Å². The van der Waals surface area contributed by atoms with Crippen LogP contribution < -0.4 is 5.73 Å². The van der Waals surface area contributed by atoms with E-state index in [1.54, 1.807) is 6.33 Å². The Morgan fingerprint density at radius 1 is 1.62 bits per heavy atom. The molecule has 2 atom stereocenters. The highest BCUT2D eigenvalue weighted by molar-refractivity contribution is 4.91. The van der Waals surface area contributed by atoms with E-state index >= 15 is 0 Å². The van der Waals surface area contributed by atoms with Crippen molar-refractivity contribution >= 4 is 0 Å². The first-order valence-corrected chi connectivity index (χ1v) is 6.01. The van der Waals surface area contributed by atoms with Gasteiger partial charge in [-0.3, -0.25) is 4.68 Å².